The Kier molecular flexibility index (Phi) is 2.79. The molecule has 0 N–H and O–H groups in total. The van der Waals surface area contributed by atoms with Gasteiger partial charge in [-0.05, 0) is 37.8 Å². The van der Waals surface area contributed by atoms with Gasteiger partial charge in [-0.25, -0.2) is 8.42 Å². The average Bonchev–Trinajstić information content (AvgIpc) is 3.07. The fourth-order valence-electron chi connectivity index (χ4n) is 2.46. The summed E-state index contributed by atoms with van der Waals surface area (Å²) in [6.07, 6.45) is 6.31. The predicted octanol–water partition coefficient (Wildman–Crippen LogP) is 2.33. The van der Waals surface area contributed by atoms with Crippen molar-refractivity contribution in [3.8, 4) is 0 Å². The van der Waals surface area contributed by atoms with Gasteiger partial charge < -0.3 is 0 Å². The summed E-state index contributed by atoms with van der Waals surface area (Å²) in [6.45, 7) is 2.47. The quantitative estimate of drug-likeness (QED) is 0.785. The molecular formula is C14H17NO2S. The number of hydrogen-bond donors (Lipinski definition) is 0. The number of nitrogens with zero attached hydrogens (tertiary/aromatic N) is 1. The van der Waals surface area contributed by atoms with Crippen LogP contribution < -0.4 is 0 Å². The standard InChI is InChI=1S/C14H17NO2S/c1-11-4-8-13(9-5-11)18(16,17)15-10-2-3-14(15)12-6-7-12/h2-5,8-9,12,14H,6-7,10H2,1H3. The Labute approximate surface area is 108 Å². The zero-order chi connectivity index (χ0) is 12.8. The predicted molar refractivity (Wildman–Crippen MR) is 70.7 cm³/mol. The molecule has 1 aliphatic carbocycles. The maximum absolute atomic E-state index is 12.6. The van der Waals surface area contributed by atoms with Crippen molar-refractivity contribution in [2.75, 3.05) is 6.54 Å². The topological polar surface area (TPSA) is 37.4 Å². The largest absolute Gasteiger partial charge is 0.243 e. The van der Waals surface area contributed by atoms with Gasteiger partial charge in [-0.15, -0.1) is 0 Å². The molecule has 0 aromatic heterocycles. The Bertz CT molecular complexity index is 570. The van der Waals surface area contributed by atoms with Crippen LogP contribution in [0.5, 0.6) is 0 Å². The second kappa shape index (κ2) is 4.21. The van der Waals surface area contributed by atoms with Gasteiger partial charge in [-0.1, -0.05) is 29.8 Å². The number of hydrogen-bond acceptors (Lipinski definition) is 2. The molecular weight excluding hydrogens is 246 g/mol. The van der Waals surface area contributed by atoms with E-state index in [2.05, 4.69) is 0 Å². The van der Waals surface area contributed by atoms with E-state index in [1.807, 2.05) is 31.2 Å². The van der Waals surface area contributed by atoms with Gasteiger partial charge in [-0.2, -0.15) is 4.31 Å². The van der Waals surface area contributed by atoms with E-state index in [1.54, 1.807) is 16.4 Å². The van der Waals surface area contributed by atoms with Gasteiger partial charge in [0.1, 0.15) is 0 Å². The van der Waals surface area contributed by atoms with Crippen molar-refractivity contribution in [2.24, 2.45) is 5.92 Å². The molecule has 1 unspecified atom stereocenters. The number of sulfonamides is 1. The lowest BCUT2D eigenvalue weighted by atomic mass is 10.2. The number of benzene rings is 1. The van der Waals surface area contributed by atoms with E-state index in [0.29, 0.717) is 17.4 Å². The van der Waals surface area contributed by atoms with Gasteiger partial charge in [0.25, 0.3) is 0 Å². The lowest BCUT2D eigenvalue weighted by Crippen LogP contribution is -2.37. The first kappa shape index (κ1) is 11.9. The first-order valence-electron chi connectivity index (χ1n) is 6.34. The van der Waals surface area contributed by atoms with Crippen LogP contribution in [0.3, 0.4) is 0 Å². The second-order valence-electron chi connectivity index (χ2n) is 5.14. The highest BCUT2D eigenvalue weighted by Gasteiger charge is 2.41. The van der Waals surface area contributed by atoms with E-state index in [4.69, 9.17) is 0 Å². The van der Waals surface area contributed by atoms with Crippen LogP contribution in [0.2, 0.25) is 0 Å². The first-order valence-corrected chi connectivity index (χ1v) is 7.78. The molecule has 1 aromatic carbocycles. The fraction of sp³-hybridized carbons (Fsp3) is 0.429. The molecule has 1 heterocycles. The molecule has 0 amide bonds. The Morgan fingerprint density at radius 3 is 2.44 bits per heavy atom. The van der Waals surface area contributed by atoms with Crippen LogP contribution in [0.15, 0.2) is 41.3 Å². The Balaban J connectivity index is 1.92. The van der Waals surface area contributed by atoms with Gasteiger partial charge in [-0.3, -0.25) is 0 Å². The van der Waals surface area contributed by atoms with Crippen LogP contribution in [0, 0.1) is 12.8 Å². The average molecular weight is 263 g/mol. The van der Waals surface area contributed by atoms with Gasteiger partial charge in [0.2, 0.25) is 10.0 Å². The van der Waals surface area contributed by atoms with E-state index in [9.17, 15) is 8.42 Å². The van der Waals surface area contributed by atoms with Crippen molar-refractivity contribution in [1.29, 1.82) is 0 Å². The highest BCUT2D eigenvalue weighted by molar-refractivity contribution is 7.89. The van der Waals surface area contributed by atoms with Crippen molar-refractivity contribution >= 4 is 10.0 Å². The van der Waals surface area contributed by atoms with E-state index >= 15 is 0 Å². The molecule has 2 aliphatic rings. The highest BCUT2D eigenvalue weighted by Crippen LogP contribution is 2.39. The van der Waals surface area contributed by atoms with E-state index in [1.165, 1.54) is 0 Å². The number of rotatable bonds is 3. The Morgan fingerprint density at radius 1 is 1.17 bits per heavy atom. The zero-order valence-electron chi connectivity index (χ0n) is 10.4. The summed E-state index contributed by atoms with van der Waals surface area (Å²) in [5.74, 6) is 0.531. The molecule has 1 aliphatic heterocycles. The van der Waals surface area contributed by atoms with Crippen LogP contribution >= 0.6 is 0 Å². The van der Waals surface area contributed by atoms with Gasteiger partial charge >= 0.3 is 0 Å². The molecule has 0 bridgehead atoms. The van der Waals surface area contributed by atoms with Gasteiger partial charge in [0.05, 0.1) is 4.90 Å². The summed E-state index contributed by atoms with van der Waals surface area (Å²) in [7, 11) is -3.34. The van der Waals surface area contributed by atoms with Crippen LogP contribution in [0.1, 0.15) is 18.4 Å². The lowest BCUT2D eigenvalue weighted by Gasteiger charge is -2.23. The first-order chi connectivity index (χ1) is 8.59. The molecule has 1 saturated carbocycles. The lowest BCUT2D eigenvalue weighted by molar-refractivity contribution is 0.382. The van der Waals surface area contributed by atoms with Crippen LogP contribution in [-0.2, 0) is 10.0 Å². The normalized spacial score (nSPS) is 24.6. The Morgan fingerprint density at radius 2 is 1.83 bits per heavy atom. The minimum absolute atomic E-state index is 0.0799. The number of aryl methyl sites for hydroxylation is 1. The Hall–Kier alpha value is -1.13. The highest BCUT2D eigenvalue weighted by atomic mass is 32.2. The van der Waals surface area contributed by atoms with E-state index < -0.39 is 10.0 Å². The van der Waals surface area contributed by atoms with E-state index in [-0.39, 0.29) is 6.04 Å². The summed E-state index contributed by atoms with van der Waals surface area (Å²) < 4.78 is 26.8. The van der Waals surface area contributed by atoms with Gasteiger partial charge in [0.15, 0.2) is 0 Å². The monoisotopic (exact) mass is 263 g/mol. The molecule has 96 valence electrons. The minimum Gasteiger partial charge on any atom is -0.207 e. The van der Waals surface area contributed by atoms with Crippen molar-refractivity contribution in [3.63, 3.8) is 0 Å². The fourth-order valence-corrected chi connectivity index (χ4v) is 4.05. The third kappa shape index (κ3) is 1.99. The third-order valence-corrected chi connectivity index (χ3v) is 5.56. The molecule has 1 fully saturated rings. The van der Waals surface area contributed by atoms with Crippen LogP contribution in [0.25, 0.3) is 0 Å². The zero-order valence-corrected chi connectivity index (χ0v) is 11.2. The molecule has 18 heavy (non-hydrogen) atoms. The summed E-state index contributed by atoms with van der Waals surface area (Å²) in [5.41, 5.74) is 1.08. The maximum Gasteiger partial charge on any atom is 0.243 e. The molecule has 4 heteroatoms. The second-order valence-corrected chi connectivity index (χ2v) is 7.03. The molecule has 0 spiro atoms. The van der Waals surface area contributed by atoms with E-state index in [0.717, 1.165) is 18.4 Å². The van der Waals surface area contributed by atoms with Crippen LogP contribution in [-0.4, -0.2) is 25.3 Å². The molecule has 0 saturated heterocycles. The van der Waals surface area contributed by atoms with Crippen LogP contribution in [0.4, 0.5) is 0 Å². The molecule has 3 nitrogen and oxygen atoms in total. The molecule has 1 atom stereocenters. The SMILES string of the molecule is Cc1ccc(S(=O)(=O)N2CC=CC2C2CC2)cc1. The third-order valence-electron chi connectivity index (χ3n) is 3.68. The van der Waals surface area contributed by atoms with Crippen molar-refractivity contribution in [3.05, 3.63) is 42.0 Å². The minimum atomic E-state index is -3.34. The van der Waals surface area contributed by atoms with Crippen molar-refractivity contribution < 1.29 is 8.42 Å². The summed E-state index contributed by atoms with van der Waals surface area (Å²) in [6, 6.07) is 7.18. The summed E-state index contributed by atoms with van der Waals surface area (Å²) >= 11 is 0. The molecule has 0 radical (unpaired) electrons. The molecule has 3 rings (SSSR count). The van der Waals surface area contributed by atoms with Crippen molar-refractivity contribution in [1.82, 2.24) is 4.31 Å². The van der Waals surface area contributed by atoms with Crippen molar-refractivity contribution in [2.45, 2.75) is 30.7 Å². The summed E-state index contributed by atoms with van der Waals surface area (Å²) in [4.78, 5) is 0.405. The molecule has 1 aromatic rings. The smallest absolute Gasteiger partial charge is 0.207 e. The maximum atomic E-state index is 12.6. The van der Waals surface area contributed by atoms with Gasteiger partial charge in [0, 0.05) is 12.6 Å². The summed E-state index contributed by atoms with van der Waals surface area (Å²) in [5, 5.41) is 0.